The van der Waals surface area contributed by atoms with E-state index >= 15 is 0 Å². The summed E-state index contributed by atoms with van der Waals surface area (Å²) in [5.41, 5.74) is 0.559. The molecule has 2 heterocycles. The molecule has 0 saturated carbocycles. The minimum atomic E-state index is -0.203. The minimum absolute atomic E-state index is 0.0576. The zero-order valence-electron chi connectivity index (χ0n) is 10.3. The smallest absolute Gasteiger partial charge is 0.246 e. The highest BCUT2D eigenvalue weighted by Crippen LogP contribution is 2.35. The van der Waals surface area contributed by atoms with Gasteiger partial charge in [-0.15, -0.1) is 0 Å². The van der Waals surface area contributed by atoms with Gasteiger partial charge in [-0.05, 0) is 12.0 Å². The molecule has 1 aliphatic heterocycles. The van der Waals surface area contributed by atoms with Crippen LogP contribution in [0.1, 0.15) is 24.1 Å². The van der Waals surface area contributed by atoms with Gasteiger partial charge >= 0.3 is 11.4 Å². The third-order valence-corrected chi connectivity index (χ3v) is 3.94. The van der Waals surface area contributed by atoms with Crippen molar-refractivity contribution in [3.8, 4) is 0 Å². The van der Waals surface area contributed by atoms with Crippen LogP contribution in [0, 0.1) is 0 Å². The maximum absolute atomic E-state index is 12.3. The lowest BCUT2D eigenvalue weighted by atomic mass is 10.2. The number of nitrogens with zero attached hydrogens (tertiary/aromatic N) is 3. The van der Waals surface area contributed by atoms with Gasteiger partial charge in [0.1, 0.15) is 0 Å². The molecule has 0 saturated heterocycles. The monoisotopic (exact) mass is 255 g/mol. The molecule has 1 aromatic carbocycles. The van der Waals surface area contributed by atoms with E-state index in [0.717, 1.165) is 12.0 Å². The highest BCUT2D eigenvalue weighted by molar-refractivity contribution is 5.16. The maximum atomic E-state index is 12.3. The molecule has 0 N–H and O–H groups in total. The van der Waals surface area contributed by atoms with Crippen molar-refractivity contribution in [2.75, 3.05) is 0 Å². The Kier molecular flexibility index (Phi) is 2.01. The first kappa shape index (κ1) is 10.6. The molecule has 0 fully saturated rings. The summed E-state index contributed by atoms with van der Waals surface area (Å²) < 4.78 is 4.51. The van der Waals surface area contributed by atoms with E-state index in [-0.39, 0.29) is 23.5 Å². The average molecular weight is 255 g/mol. The van der Waals surface area contributed by atoms with Gasteiger partial charge in [0.25, 0.3) is 0 Å². The molecule has 5 nitrogen and oxygen atoms in total. The first-order chi connectivity index (χ1) is 9.25. The van der Waals surface area contributed by atoms with Crippen molar-refractivity contribution in [2.45, 2.75) is 25.0 Å². The average Bonchev–Trinajstić information content (AvgIpc) is 3.10. The summed E-state index contributed by atoms with van der Waals surface area (Å²) in [4.78, 5) is 24.7. The summed E-state index contributed by atoms with van der Waals surface area (Å²) >= 11 is 0. The Hall–Kier alpha value is -2.30. The third kappa shape index (κ3) is 1.35. The molecule has 0 spiro atoms. The molecule has 5 heteroatoms. The Bertz CT molecular complexity index is 736. The quantitative estimate of drug-likeness (QED) is 0.749. The van der Waals surface area contributed by atoms with E-state index in [0.29, 0.717) is 6.54 Å². The van der Waals surface area contributed by atoms with Crippen molar-refractivity contribution in [1.29, 1.82) is 0 Å². The van der Waals surface area contributed by atoms with Crippen molar-refractivity contribution in [2.24, 2.45) is 0 Å². The fourth-order valence-corrected chi connectivity index (χ4v) is 3.04. The summed E-state index contributed by atoms with van der Waals surface area (Å²) in [6.45, 7) is 0.338. The molecule has 2 unspecified atom stereocenters. The number of benzene rings is 1. The molecule has 2 bridgehead atoms. The Labute approximate surface area is 109 Å². The van der Waals surface area contributed by atoms with Gasteiger partial charge in [0.15, 0.2) is 0 Å². The molecule has 0 radical (unpaired) electrons. The second-order valence-electron chi connectivity index (χ2n) is 5.08. The molecule has 1 aromatic heterocycles. The van der Waals surface area contributed by atoms with Crippen LogP contribution < -0.4 is 11.4 Å². The highest BCUT2D eigenvalue weighted by Gasteiger charge is 2.36. The van der Waals surface area contributed by atoms with Gasteiger partial charge in [-0.25, -0.2) is 23.5 Å². The second kappa shape index (κ2) is 3.60. The normalized spacial score (nSPS) is 22.9. The van der Waals surface area contributed by atoms with Crippen molar-refractivity contribution in [3.63, 3.8) is 0 Å². The molecule has 4 rings (SSSR count). The van der Waals surface area contributed by atoms with E-state index in [1.54, 1.807) is 9.36 Å². The van der Waals surface area contributed by atoms with Gasteiger partial charge in [-0.1, -0.05) is 42.5 Å². The minimum Gasteiger partial charge on any atom is -0.246 e. The molecule has 1 aliphatic carbocycles. The van der Waals surface area contributed by atoms with Crippen LogP contribution in [0.3, 0.4) is 0 Å². The first-order valence-corrected chi connectivity index (χ1v) is 6.42. The van der Waals surface area contributed by atoms with E-state index in [9.17, 15) is 9.59 Å². The van der Waals surface area contributed by atoms with Gasteiger partial charge in [0.2, 0.25) is 0 Å². The number of aromatic nitrogens is 3. The maximum Gasteiger partial charge on any atom is 0.348 e. The Morgan fingerprint density at radius 1 is 0.947 bits per heavy atom. The molecule has 2 aliphatic rings. The summed E-state index contributed by atoms with van der Waals surface area (Å²) in [6, 6.07) is 9.70. The number of rotatable bonds is 2. The number of hydrogen-bond acceptors (Lipinski definition) is 2. The lowest BCUT2D eigenvalue weighted by Gasteiger charge is -2.07. The van der Waals surface area contributed by atoms with Crippen LogP contribution in [-0.4, -0.2) is 13.9 Å². The van der Waals surface area contributed by atoms with Crippen LogP contribution in [-0.2, 0) is 6.54 Å². The zero-order valence-corrected chi connectivity index (χ0v) is 10.3. The first-order valence-electron chi connectivity index (χ1n) is 6.42. The lowest BCUT2D eigenvalue weighted by Crippen LogP contribution is -2.30. The number of hydrogen-bond donors (Lipinski definition) is 0. The number of fused-ring (bicyclic) bond motifs is 5. The largest absolute Gasteiger partial charge is 0.348 e. The van der Waals surface area contributed by atoms with Crippen molar-refractivity contribution in [3.05, 3.63) is 69.0 Å². The van der Waals surface area contributed by atoms with E-state index in [4.69, 9.17) is 0 Å². The van der Waals surface area contributed by atoms with Gasteiger partial charge in [-0.2, -0.15) is 0 Å². The lowest BCUT2D eigenvalue weighted by molar-refractivity contribution is 0.505. The van der Waals surface area contributed by atoms with Crippen LogP contribution >= 0.6 is 0 Å². The zero-order chi connectivity index (χ0) is 13.0. The predicted molar refractivity (Wildman–Crippen MR) is 70.3 cm³/mol. The molecular formula is C14H13N3O2. The Morgan fingerprint density at radius 3 is 2.11 bits per heavy atom. The van der Waals surface area contributed by atoms with Gasteiger partial charge < -0.3 is 0 Å². The fraction of sp³-hybridized carbons (Fsp3) is 0.286. The topological polar surface area (TPSA) is 48.9 Å². The van der Waals surface area contributed by atoms with E-state index in [1.165, 1.54) is 4.57 Å². The van der Waals surface area contributed by atoms with Crippen molar-refractivity contribution in [1.82, 2.24) is 13.9 Å². The summed E-state index contributed by atoms with van der Waals surface area (Å²) in [5.74, 6) is 0. The highest BCUT2D eigenvalue weighted by atomic mass is 16.2. The summed E-state index contributed by atoms with van der Waals surface area (Å²) in [6.07, 6.45) is 4.87. The van der Waals surface area contributed by atoms with E-state index < -0.39 is 0 Å². The molecule has 2 atom stereocenters. The van der Waals surface area contributed by atoms with E-state index in [1.807, 2.05) is 42.5 Å². The fourth-order valence-electron chi connectivity index (χ4n) is 3.04. The number of allylic oxidation sites excluding steroid dienone is 2. The molecular weight excluding hydrogens is 242 g/mol. The van der Waals surface area contributed by atoms with Crippen LogP contribution in [0.15, 0.2) is 52.1 Å². The van der Waals surface area contributed by atoms with Crippen molar-refractivity contribution < 1.29 is 0 Å². The van der Waals surface area contributed by atoms with Gasteiger partial charge in [-0.3, -0.25) is 0 Å². The second-order valence-corrected chi connectivity index (χ2v) is 5.08. The standard InChI is InChI=1S/C14H13N3O2/c18-13-15(9-10-4-2-1-3-5-10)14(19)17-12-7-6-11(8-12)16(13)17/h1-7,11-12H,8-9H2. The SMILES string of the molecule is O=c1n(Cc2ccccc2)c(=O)n2n1C1C=CC2C1. The van der Waals surface area contributed by atoms with Gasteiger partial charge in [0.05, 0.1) is 18.6 Å². The van der Waals surface area contributed by atoms with Crippen LogP contribution in [0.4, 0.5) is 0 Å². The molecule has 96 valence electrons. The van der Waals surface area contributed by atoms with Crippen LogP contribution in [0.5, 0.6) is 0 Å². The predicted octanol–water partition coefficient (Wildman–Crippen LogP) is 0.915. The summed E-state index contributed by atoms with van der Waals surface area (Å²) in [5, 5.41) is 0. The van der Waals surface area contributed by atoms with Crippen molar-refractivity contribution >= 4 is 0 Å². The third-order valence-electron chi connectivity index (χ3n) is 3.94. The van der Waals surface area contributed by atoms with Gasteiger partial charge in [0, 0.05) is 0 Å². The molecule has 19 heavy (non-hydrogen) atoms. The van der Waals surface area contributed by atoms with E-state index in [2.05, 4.69) is 0 Å². The van der Waals surface area contributed by atoms with Crippen LogP contribution in [0.2, 0.25) is 0 Å². The Balaban J connectivity index is 1.84. The molecule has 0 amide bonds. The molecule has 2 aromatic rings. The Morgan fingerprint density at radius 2 is 1.53 bits per heavy atom. The summed E-state index contributed by atoms with van der Waals surface area (Å²) in [7, 11) is 0. The van der Waals surface area contributed by atoms with Crippen LogP contribution in [0.25, 0.3) is 0 Å².